The highest BCUT2D eigenvalue weighted by atomic mass is 16.1. The van der Waals surface area contributed by atoms with Gasteiger partial charge >= 0.3 is 0 Å². The SMILES string of the molecule is CC(=O)[C@H](C#N)c1cccc2ccccc12. The molecule has 0 saturated carbocycles. The van der Waals surface area contributed by atoms with Gasteiger partial charge in [0.1, 0.15) is 5.92 Å². The van der Waals surface area contributed by atoms with E-state index >= 15 is 0 Å². The van der Waals surface area contributed by atoms with Crippen molar-refractivity contribution in [1.29, 1.82) is 5.26 Å². The van der Waals surface area contributed by atoms with Gasteiger partial charge in [-0.2, -0.15) is 5.26 Å². The highest BCUT2D eigenvalue weighted by Crippen LogP contribution is 2.25. The Morgan fingerprint density at radius 3 is 2.56 bits per heavy atom. The Kier molecular flexibility index (Phi) is 2.70. The summed E-state index contributed by atoms with van der Waals surface area (Å²) in [4.78, 5) is 11.4. The zero-order valence-corrected chi connectivity index (χ0v) is 8.97. The summed E-state index contributed by atoms with van der Waals surface area (Å²) in [7, 11) is 0. The van der Waals surface area contributed by atoms with Gasteiger partial charge in [0, 0.05) is 0 Å². The maximum atomic E-state index is 11.4. The van der Waals surface area contributed by atoms with Crippen molar-refractivity contribution >= 4 is 16.6 Å². The molecule has 0 N–H and O–H groups in total. The lowest BCUT2D eigenvalue weighted by Gasteiger charge is -2.09. The summed E-state index contributed by atoms with van der Waals surface area (Å²) in [5.74, 6) is -0.773. The zero-order valence-electron chi connectivity index (χ0n) is 8.97. The van der Waals surface area contributed by atoms with Crippen LogP contribution >= 0.6 is 0 Å². The number of hydrogen-bond donors (Lipinski definition) is 0. The average Bonchev–Trinajstić information content (AvgIpc) is 2.30. The summed E-state index contributed by atoms with van der Waals surface area (Å²) < 4.78 is 0. The number of nitriles is 1. The molecule has 0 fully saturated rings. The van der Waals surface area contributed by atoms with Crippen molar-refractivity contribution in [3.05, 3.63) is 48.0 Å². The summed E-state index contributed by atoms with van der Waals surface area (Å²) in [6.07, 6.45) is 0. The molecule has 2 heteroatoms. The van der Waals surface area contributed by atoms with Crippen molar-refractivity contribution in [2.45, 2.75) is 12.8 Å². The first-order valence-electron chi connectivity index (χ1n) is 5.12. The van der Waals surface area contributed by atoms with Crippen molar-refractivity contribution in [3.63, 3.8) is 0 Å². The van der Waals surface area contributed by atoms with Crippen LogP contribution < -0.4 is 0 Å². The molecule has 0 radical (unpaired) electrons. The van der Waals surface area contributed by atoms with E-state index in [9.17, 15) is 4.79 Å². The molecule has 0 aliphatic heterocycles. The Balaban J connectivity index is 2.69. The summed E-state index contributed by atoms with van der Waals surface area (Å²) >= 11 is 0. The lowest BCUT2D eigenvalue weighted by Crippen LogP contribution is -2.06. The molecule has 0 heterocycles. The first kappa shape index (κ1) is 10.4. The van der Waals surface area contributed by atoms with Crippen LogP contribution in [0.15, 0.2) is 42.5 Å². The van der Waals surface area contributed by atoms with Crippen LogP contribution in [0.1, 0.15) is 18.4 Å². The van der Waals surface area contributed by atoms with Crippen LogP contribution in [-0.4, -0.2) is 5.78 Å². The topological polar surface area (TPSA) is 40.9 Å². The molecule has 2 aromatic rings. The summed E-state index contributed by atoms with van der Waals surface area (Å²) in [6.45, 7) is 1.45. The molecule has 0 aromatic heterocycles. The summed E-state index contributed by atoms with van der Waals surface area (Å²) in [6, 6.07) is 15.5. The molecule has 2 nitrogen and oxygen atoms in total. The lowest BCUT2D eigenvalue weighted by atomic mass is 9.92. The van der Waals surface area contributed by atoms with E-state index in [-0.39, 0.29) is 5.78 Å². The third-order valence-corrected chi connectivity index (χ3v) is 2.67. The predicted molar refractivity (Wildman–Crippen MR) is 63.0 cm³/mol. The molecular weight excluding hydrogens is 198 g/mol. The molecule has 2 aromatic carbocycles. The van der Waals surface area contributed by atoms with E-state index in [4.69, 9.17) is 5.26 Å². The van der Waals surface area contributed by atoms with E-state index < -0.39 is 5.92 Å². The number of fused-ring (bicyclic) bond motifs is 1. The Labute approximate surface area is 94.1 Å². The fourth-order valence-corrected chi connectivity index (χ4v) is 1.88. The van der Waals surface area contributed by atoms with Gasteiger partial charge in [0.05, 0.1) is 6.07 Å². The highest BCUT2D eigenvalue weighted by molar-refractivity contribution is 5.94. The lowest BCUT2D eigenvalue weighted by molar-refractivity contribution is -0.117. The molecule has 16 heavy (non-hydrogen) atoms. The monoisotopic (exact) mass is 209 g/mol. The van der Waals surface area contributed by atoms with Gasteiger partial charge in [-0.1, -0.05) is 42.5 Å². The zero-order chi connectivity index (χ0) is 11.5. The van der Waals surface area contributed by atoms with E-state index in [0.717, 1.165) is 16.3 Å². The largest absolute Gasteiger partial charge is 0.298 e. The van der Waals surface area contributed by atoms with E-state index in [2.05, 4.69) is 6.07 Å². The molecule has 0 saturated heterocycles. The maximum absolute atomic E-state index is 11.4. The van der Waals surface area contributed by atoms with E-state index in [1.54, 1.807) is 0 Å². The Hall–Kier alpha value is -2.14. The van der Waals surface area contributed by atoms with Gasteiger partial charge in [0.2, 0.25) is 0 Å². The van der Waals surface area contributed by atoms with Crippen LogP contribution in [0, 0.1) is 11.3 Å². The van der Waals surface area contributed by atoms with Crippen LogP contribution in [0.25, 0.3) is 10.8 Å². The number of benzene rings is 2. The minimum Gasteiger partial charge on any atom is -0.298 e. The fourth-order valence-electron chi connectivity index (χ4n) is 1.88. The number of rotatable bonds is 2. The summed E-state index contributed by atoms with van der Waals surface area (Å²) in [5, 5.41) is 11.1. The molecule has 1 atom stereocenters. The first-order chi connectivity index (χ1) is 7.74. The van der Waals surface area contributed by atoms with Crippen LogP contribution in [-0.2, 0) is 4.79 Å². The third kappa shape index (κ3) is 1.68. The third-order valence-electron chi connectivity index (χ3n) is 2.67. The van der Waals surface area contributed by atoms with Crippen LogP contribution in [0.2, 0.25) is 0 Å². The number of ketones is 1. The van der Waals surface area contributed by atoms with Crippen LogP contribution in [0.4, 0.5) is 0 Å². The number of carbonyl (C=O) groups excluding carboxylic acids is 1. The van der Waals surface area contributed by atoms with E-state index in [0.29, 0.717) is 0 Å². The average molecular weight is 209 g/mol. The van der Waals surface area contributed by atoms with Crippen LogP contribution in [0.3, 0.4) is 0 Å². The van der Waals surface area contributed by atoms with Crippen molar-refractivity contribution in [3.8, 4) is 6.07 Å². The van der Waals surface area contributed by atoms with E-state index in [1.165, 1.54) is 6.92 Å². The van der Waals surface area contributed by atoms with Crippen molar-refractivity contribution < 1.29 is 4.79 Å². The second-order valence-corrected chi connectivity index (χ2v) is 3.74. The normalized spacial score (nSPS) is 12.0. The van der Waals surface area contributed by atoms with Gasteiger partial charge in [-0.05, 0) is 23.3 Å². The molecule has 0 aliphatic rings. The van der Waals surface area contributed by atoms with Crippen molar-refractivity contribution in [1.82, 2.24) is 0 Å². The minimum atomic E-state index is -0.661. The number of nitrogens with zero attached hydrogens (tertiary/aromatic N) is 1. The smallest absolute Gasteiger partial charge is 0.151 e. The van der Waals surface area contributed by atoms with Gasteiger partial charge in [0.25, 0.3) is 0 Å². The quantitative estimate of drug-likeness (QED) is 0.762. The van der Waals surface area contributed by atoms with Crippen LogP contribution in [0.5, 0.6) is 0 Å². The number of carbonyl (C=O) groups is 1. The van der Waals surface area contributed by atoms with Crippen molar-refractivity contribution in [2.75, 3.05) is 0 Å². The Morgan fingerprint density at radius 1 is 1.19 bits per heavy atom. The standard InChI is InChI=1S/C14H11NO/c1-10(16)14(9-15)13-8-4-6-11-5-2-3-7-12(11)13/h2-8,14H,1H3/t14-/m0/s1. The molecule has 0 unspecified atom stereocenters. The Morgan fingerprint density at radius 2 is 1.88 bits per heavy atom. The molecule has 0 amide bonds. The molecule has 2 rings (SSSR count). The predicted octanol–water partition coefficient (Wildman–Crippen LogP) is 3.04. The van der Waals surface area contributed by atoms with Gasteiger partial charge in [-0.15, -0.1) is 0 Å². The van der Waals surface area contributed by atoms with Gasteiger partial charge < -0.3 is 0 Å². The molecular formula is C14H11NO. The molecule has 0 spiro atoms. The molecule has 78 valence electrons. The molecule has 0 bridgehead atoms. The van der Waals surface area contributed by atoms with Gasteiger partial charge in [-0.25, -0.2) is 0 Å². The summed E-state index contributed by atoms with van der Waals surface area (Å²) in [5.41, 5.74) is 0.799. The van der Waals surface area contributed by atoms with Crippen molar-refractivity contribution in [2.24, 2.45) is 0 Å². The second-order valence-electron chi connectivity index (χ2n) is 3.74. The molecule has 0 aliphatic carbocycles. The number of Topliss-reactive ketones (excluding diaryl/α,β-unsaturated/α-hetero) is 1. The van der Waals surface area contributed by atoms with Gasteiger partial charge in [0.15, 0.2) is 5.78 Å². The maximum Gasteiger partial charge on any atom is 0.151 e. The number of hydrogen-bond acceptors (Lipinski definition) is 2. The fraction of sp³-hybridized carbons (Fsp3) is 0.143. The van der Waals surface area contributed by atoms with Gasteiger partial charge in [-0.3, -0.25) is 4.79 Å². The highest BCUT2D eigenvalue weighted by Gasteiger charge is 2.17. The second kappa shape index (κ2) is 4.16. The first-order valence-corrected chi connectivity index (χ1v) is 5.12. The van der Waals surface area contributed by atoms with E-state index in [1.807, 2.05) is 42.5 Å². The minimum absolute atomic E-state index is 0.112. The Bertz CT molecular complexity index is 575.